The minimum Gasteiger partial charge on any atom is -0.338 e. The van der Waals surface area contributed by atoms with E-state index in [-0.39, 0.29) is 11.8 Å². The third-order valence-corrected chi connectivity index (χ3v) is 4.36. The molecule has 2 heterocycles. The number of aromatic nitrogens is 2. The van der Waals surface area contributed by atoms with Gasteiger partial charge < -0.3 is 4.52 Å². The maximum atomic E-state index is 5.74. The molecule has 102 valence electrons. The largest absolute Gasteiger partial charge is 0.338 e. The summed E-state index contributed by atoms with van der Waals surface area (Å²) in [6.45, 7) is 0. The molecule has 0 spiro atoms. The summed E-state index contributed by atoms with van der Waals surface area (Å²) in [5.74, 6) is 1.98. The van der Waals surface area contributed by atoms with Crippen LogP contribution in [0.4, 0.5) is 0 Å². The molecule has 0 aromatic carbocycles. The van der Waals surface area contributed by atoms with Gasteiger partial charge in [-0.05, 0) is 30.9 Å². The average molecular weight is 288 g/mol. The Kier molecular flexibility index (Phi) is 2.84. The topological polar surface area (TPSA) is 51.3 Å². The molecule has 2 aliphatic carbocycles. The van der Waals surface area contributed by atoms with Gasteiger partial charge in [-0.1, -0.05) is 23.4 Å². The first-order chi connectivity index (χ1) is 9.86. The molecule has 4 nitrogen and oxygen atoms in total. The van der Waals surface area contributed by atoms with Crippen molar-refractivity contribution in [1.82, 2.24) is 10.1 Å². The predicted molar refractivity (Wildman–Crippen MR) is 76.7 cm³/mol. The van der Waals surface area contributed by atoms with Crippen LogP contribution in [-0.4, -0.2) is 15.9 Å². The highest BCUT2D eigenvalue weighted by atomic mass is 35.5. The first-order valence-corrected chi connectivity index (χ1v) is 7.45. The molecule has 2 atom stereocenters. The fourth-order valence-electron chi connectivity index (χ4n) is 3.24. The highest BCUT2D eigenvalue weighted by Crippen LogP contribution is 2.45. The van der Waals surface area contributed by atoms with Crippen molar-refractivity contribution >= 4 is 17.3 Å². The molecule has 0 radical (unpaired) electrons. The highest BCUT2D eigenvalue weighted by molar-refractivity contribution is 6.16. The van der Waals surface area contributed by atoms with E-state index in [2.05, 4.69) is 28.4 Å². The van der Waals surface area contributed by atoms with E-state index >= 15 is 0 Å². The molecule has 0 N–H and O–H groups in total. The van der Waals surface area contributed by atoms with Gasteiger partial charge in [0.15, 0.2) is 5.82 Å². The maximum Gasteiger partial charge on any atom is 0.241 e. The molecule has 5 heteroatoms. The normalized spacial score (nSPS) is 27.6. The zero-order chi connectivity index (χ0) is 13.5. The molecule has 0 amide bonds. The Morgan fingerprint density at radius 2 is 2.30 bits per heavy atom. The van der Waals surface area contributed by atoms with Gasteiger partial charge in [0.1, 0.15) is 5.88 Å². The maximum absolute atomic E-state index is 5.74. The summed E-state index contributed by atoms with van der Waals surface area (Å²) in [6.07, 6.45) is 11.8. The smallest absolute Gasteiger partial charge is 0.241 e. The summed E-state index contributed by atoms with van der Waals surface area (Å²) in [5, 5.41) is 4.08. The Morgan fingerprint density at radius 3 is 3.15 bits per heavy atom. The Labute approximate surface area is 121 Å². The lowest BCUT2D eigenvalue weighted by Crippen LogP contribution is -2.14. The molecule has 1 aromatic rings. The second-order valence-electron chi connectivity index (χ2n) is 5.29. The van der Waals surface area contributed by atoms with Crippen molar-refractivity contribution in [2.45, 2.75) is 31.1 Å². The van der Waals surface area contributed by atoms with Crippen LogP contribution in [0.1, 0.15) is 36.9 Å². The number of alkyl halides is 1. The Morgan fingerprint density at radius 1 is 1.35 bits per heavy atom. The van der Waals surface area contributed by atoms with Gasteiger partial charge in [-0.25, -0.2) is 0 Å². The van der Waals surface area contributed by atoms with Crippen LogP contribution in [0.5, 0.6) is 0 Å². The second-order valence-corrected chi connectivity index (χ2v) is 5.56. The van der Waals surface area contributed by atoms with E-state index < -0.39 is 0 Å². The summed E-state index contributed by atoms with van der Waals surface area (Å²) in [4.78, 5) is 9.21. The zero-order valence-corrected chi connectivity index (χ0v) is 11.7. The monoisotopic (exact) mass is 287 g/mol. The van der Waals surface area contributed by atoms with E-state index in [1.54, 1.807) is 0 Å². The number of nitrogens with zero attached hydrogens (tertiary/aromatic N) is 3. The number of hydrogen-bond donors (Lipinski definition) is 0. The van der Waals surface area contributed by atoms with Gasteiger partial charge in [0, 0.05) is 5.92 Å². The van der Waals surface area contributed by atoms with Gasteiger partial charge in [-0.3, -0.25) is 4.99 Å². The molecule has 4 rings (SSSR count). The Bertz CT molecular complexity index is 668. The third kappa shape index (κ3) is 1.79. The van der Waals surface area contributed by atoms with Crippen molar-refractivity contribution < 1.29 is 4.52 Å². The van der Waals surface area contributed by atoms with Crippen molar-refractivity contribution in [3.05, 3.63) is 47.3 Å². The summed E-state index contributed by atoms with van der Waals surface area (Å²) < 4.78 is 5.14. The van der Waals surface area contributed by atoms with E-state index in [4.69, 9.17) is 21.1 Å². The van der Waals surface area contributed by atoms with Crippen LogP contribution in [-0.2, 0) is 5.88 Å². The average Bonchev–Trinajstić information content (AvgIpc) is 3.11. The molecule has 1 aromatic heterocycles. The molecule has 0 bridgehead atoms. The molecule has 0 unspecified atom stereocenters. The molecule has 0 fully saturated rings. The van der Waals surface area contributed by atoms with Crippen LogP contribution < -0.4 is 0 Å². The first kappa shape index (κ1) is 12.1. The minimum atomic E-state index is 0.152. The van der Waals surface area contributed by atoms with Crippen molar-refractivity contribution in [2.24, 2.45) is 10.9 Å². The number of fused-ring (bicyclic) bond motifs is 2. The van der Waals surface area contributed by atoms with Gasteiger partial charge in [-0.15, -0.1) is 11.6 Å². The lowest BCUT2D eigenvalue weighted by atomic mass is 9.81. The van der Waals surface area contributed by atoms with Crippen LogP contribution in [0.3, 0.4) is 0 Å². The number of rotatable bonds is 2. The first-order valence-electron chi connectivity index (χ1n) is 6.91. The van der Waals surface area contributed by atoms with E-state index in [1.807, 2.05) is 6.08 Å². The quantitative estimate of drug-likeness (QED) is 0.782. The zero-order valence-electron chi connectivity index (χ0n) is 10.9. The number of allylic oxidation sites excluding steroid dienone is 6. The van der Waals surface area contributed by atoms with E-state index in [0.29, 0.717) is 11.8 Å². The van der Waals surface area contributed by atoms with Crippen LogP contribution >= 0.6 is 11.6 Å². The molecule has 20 heavy (non-hydrogen) atoms. The summed E-state index contributed by atoms with van der Waals surface area (Å²) in [7, 11) is 0. The van der Waals surface area contributed by atoms with Crippen LogP contribution in [0.25, 0.3) is 0 Å². The van der Waals surface area contributed by atoms with E-state index in [9.17, 15) is 0 Å². The summed E-state index contributed by atoms with van der Waals surface area (Å²) in [5.41, 5.74) is 3.72. The summed E-state index contributed by atoms with van der Waals surface area (Å²) >= 11 is 5.74. The van der Waals surface area contributed by atoms with E-state index in [1.165, 1.54) is 5.57 Å². The lowest BCUT2D eigenvalue weighted by molar-refractivity contribution is 0.379. The molecule has 0 saturated carbocycles. The molecule has 0 saturated heterocycles. The predicted octanol–water partition coefficient (Wildman–Crippen LogP) is 3.53. The van der Waals surface area contributed by atoms with Gasteiger partial charge in [0.2, 0.25) is 5.89 Å². The molecular formula is C15H14ClN3O. The van der Waals surface area contributed by atoms with Crippen molar-refractivity contribution in [3.63, 3.8) is 0 Å². The Balaban J connectivity index is 1.74. The van der Waals surface area contributed by atoms with Crippen molar-refractivity contribution in [1.29, 1.82) is 0 Å². The SMILES string of the molecule is ClCc1nc([C@@H]2CCCC3=C2N=C2C=CC=C[C@@H]23)no1. The van der Waals surface area contributed by atoms with Crippen molar-refractivity contribution in [2.75, 3.05) is 0 Å². The van der Waals surface area contributed by atoms with Crippen molar-refractivity contribution in [3.8, 4) is 0 Å². The second kappa shape index (κ2) is 4.70. The molecule has 3 aliphatic rings. The molecule has 1 aliphatic heterocycles. The summed E-state index contributed by atoms with van der Waals surface area (Å²) in [6, 6.07) is 0. The lowest BCUT2D eigenvalue weighted by Gasteiger charge is -2.22. The van der Waals surface area contributed by atoms with E-state index in [0.717, 1.165) is 36.5 Å². The van der Waals surface area contributed by atoms with Gasteiger partial charge in [-0.2, -0.15) is 4.98 Å². The number of hydrogen-bond acceptors (Lipinski definition) is 4. The fraction of sp³-hybridized carbons (Fsp3) is 0.400. The Hall–Kier alpha value is -1.68. The fourth-order valence-corrected chi connectivity index (χ4v) is 3.35. The van der Waals surface area contributed by atoms with Gasteiger partial charge in [0.05, 0.1) is 17.3 Å². The van der Waals surface area contributed by atoms with Crippen LogP contribution in [0.15, 0.2) is 45.1 Å². The number of aliphatic imine (C=N–C) groups is 1. The minimum absolute atomic E-state index is 0.152. The van der Waals surface area contributed by atoms with Crippen LogP contribution in [0.2, 0.25) is 0 Å². The van der Waals surface area contributed by atoms with Gasteiger partial charge in [0.25, 0.3) is 0 Å². The highest BCUT2D eigenvalue weighted by Gasteiger charge is 2.36. The standard InChI is InChI=1S/C15H14ClN3O/c16-8-13-18-15(19-20-13)11-6-3-5-10-9-4-1-2-7-12(9)17-14(10)11/h1-2,4,7,9,11H,3,5-6,8H2/t9-,11-/m1/s1. The third-order valence-electron chi connectivity index (χ3n) is 4.13. The number of halogens is 1. The molecular weight excluding hydrogens is 274 g/mol. The van der Waals surface area contributed by atoms with Gasteiger partial charge >= 0.3 is 0 Å². The van der Waals surface area contributed by atoms with Crippen LogP contribution in [0, 0.1) is 5.92 Å².